The molecule has 4 aliphatic rings. The van der Waals surface area contributed by atoms with Gasteiger partial charge >= 0.3 is 0 Å². The molecule has 6 atom stereocenters. The fourth-order valence-electron chi connectivity index (χ4n) is 7.19. The molecule has 2 aromatic rings. The van der Waals surface area contributed by atoms with Crippen molar-refractivity contribution in [2.24, 2.45) is 23.2 Å². The maximum atomic E-state index is 14.1. The first-order valence-electron chi connectivity index (χ1n) is 14.7. The summed E-state index contributed by atoms with van der Waals surface area (Å²) in [4.78, 5) is 29.1. The molecule has 2 aromatic carbocycles. The second-order valence-corrected chi connectivity index (χ2v) is 13.5. The smallest absolute Gasteiger partial charge is 0.247 e. The Hall–Kier alpha value is -2.43. The van der Waals surface area contributed by atoms with Crippen molar-refractivity contribution in [2.45, 2.75) is 64.2 Å². The Morgan fingerprint density at radius 2 is 1.83 bits per heavy atom. The average Bonchev–Trinajstić information content (AvgIpc) is 2.97. The van der Waals surface area contributed by atoms with Crippen LogP contribution in [0.25, 0.3) is 0 Å². The van der Waals surface area contributed by atoms with E-state index in [2.05, 4.69) is 41.8 Å². The molecule has 7 nitrogen and oxygen atoms in total. The minimum absolute atomic E-state index is 0.0513. The Balaban J connectivity index is 1.47. The number of fused-ring (bicyclic) bond motifs is 2. The molecule has 0 spiro atoms. The molecule has 220 valence electrons. The van der Waals surface area contributed by atoms with E-state index in [4.69, 9.17) is 4.74 Å². The third kappa shape index (κ3) is 6.49. The van der Waals surface area contributed by atoms with Crippen molar-refractivity contribution in [1.29, 1.82) is 0 Å². The van der Waals surface area contributed by atoms with Crippen LogP contribution in [0.3, 0.4) is 0 Å². The lowest BCUT2D eigenvalue weighted by Gasteiger charge is -2.61. The largest absolute Gasteiger partial charge is 0.482 e. The zero-order valence-corrected chi connectivity index (χ0v) is 26.0. The number of carbonyl (C=O) groups excluding carboxylic acids is 2. The average molecular weight is 673 g/mol. The van der Waals surface area contributed by atoms with Gasteiger partial charge in [0.25, 0.3) is 0 Å². The van der Waals surface area contributed by atoms with Gasteiger partial charge in [-0.05, 0) is 88.8 Å². The second kappa shape index (κ2) is 12.8. The number of para-hydroxylation sites is 1. The van der Waals surface area contributed by atoms with Gasteiger partial charge in [-0.2, -0.15) is 0 Å². The van der Waals surface area contributed by atoms with Crippen LogP contribution in [0.5, 0.6) is 5.75 Å². The number of amides is 2. The van der Waals surface area contributed by atoms with E-state index < -0.39 is 18.2 Å². The lowest BCUT2D eigenvalue weighted by Crippen LogP contribution is -2.59. The van der Waals surface area contributed by atoms with Crippen molar-refractivity contribution in [2.75, 3.05) is 19.7 Å². The summed E-state index contributed by atoms with van der Waals surface area (Å²) in [5.41, 5.74) is 1.63. The molecule has 6 rings (SSSR count). The minimum Gasteiger partial charge on any atom is -0.482 e. The standard InChI is InChI=1S/C33H41IN2O5/c1-33(2)24-13-12-22(25(33)19-24)20-36(30(38)16-21-8-4-3-5-9-21)27-17-23(32(40)35-14-15-37)18-29(31(27)39)41-28-11-7-6-10-26(28)34/h3-11,18,22,24-25,27,29,31,37,39H,12-17,19-20H2,1-2H3,(H,35,40)/t22-,24-,25-,27+,29-,31-/m0/s1. The van der Waals surface area contributed by atoms with Gasteiger partial charge in [0.2, 0.25) is 11.8 Å². The van der Waals surface area contributed by atoms with Gasteiger partial charge in [0.15, 0.2) is 0 Å². The monoisotopic (exact) mass is 672 g/mol. The minimum atomic E-state index is -1.02. The molecule has 2 amide bonds. The predicted molar refractivity (Wildman–Crippen MR) is 166 cm³/mol. The predicted octanol–water partition coefficient (Wildman–Crippen LogP) is 4.35. The molecule has 0 radical (unpaired) electrons. The molecule has 0 saturated heterocycles. The fourth-order valence-corrected chi connectivity index (χ4v) is 7.71. The van der Waals surface area contributed by atoms with Gasteiger partial charge in [0.05, 0.1) is 22.6 Å². The van der Waals surface area contributed by atoms with E-state index in [1.807, 2.05) is 59.5 Å². The molecule has 3 N–H and O–H groups in total. The molecule has 41 heavy (non-hydrogen) atoms. The highest BCUT2D eigenvalue weighted by atomic mass is 127. The zero-order chi connectivity index (χ0) is 29.1. The number of nitrogens with one attached hydrogen (secondary N) is 1. The molecular weight excluding hydrogens is 631 g/mol. The van der Waals surface area contributed by atoms with Crippen molar-refractivity contribution in [1.82, 2.24) is 10.2 Å². The van der Waals surface area contributed by atoms with E-state index in [0.717, 1.165) is 27.9 Å². The summed E-state index contributed by atoms with van der Waals surface area (Å²) in [6, 6.07) is 16.6. The molecule has 3 fully saturated rings. The first-order valence-corrected chi connectivity index (χ1v) is 15.8. The highest BCUT2D eigenvalue weighted by Gasteiger charge is 2.55. The van der Waals surface area contributed by atoms with Crippen molar-refractivity contribution >= 4 is 34.4 Å². The number of hydrogen-bond donors (Lipinski definition) is 3. The molecule has 4 aliphatic carbocycles. The molecular formula is C33H41IN2O5. The first kappa shape index (κ1) is 30.0. The number of carbonyl (C=O) groups is 2. The zero-order valence-electron chi connectivity index (χ0n) is 23.8. The number of aliphatic hydroxyl groups excluding tert-OH is 2. The highest BCUT2D eigenvalue weighted by molar-refractivity contribution is 14.1. The normalized spacial score (nSPS) is 28.2. The third-order valence-corrected chi connectivity index (χ3v) is 10.6. The summed E-state index contributed by atoms with van der Waals surface area (Å²) in [5, 5.41) is 23.8. The molecule has 2 bridgehead atoms. The Morgan fingerprint density at radius 3 is 2.51 bits per heavy atom. The fraction of sp³-hybridized carbons (Fsp3) is 0.515. The quantitative estimate of drug-likeness (QED) is 0.327. The van der Waals surface area contributed by atoms with Crippen molar-refractivity contribution < 1.29 is 24.5 Å². The first-order chi connectivity index (χ1) is 19.7. The number of benzene rings is 2. The van der Waals surface area contributed by atoms with Gasteiger partial charge in [0.1, 0.15) is 18.0 Å². The molecule has 0 aliphatic heterocycles. The maximum Gasteiger partial charge on any atom is 0.247 e. The topological polar surface area (TPSA) is 99.1 Å². The van der Waals surface area contributed by atoms with Crippen LogP contribution in [0, 0.1) is 26.7 Å². The number of aliphatic hydroxyl groups is 2. The van der Waals surface area contributed by atoms with Crippen molar-refractivity contribution in [3.8, 4) is 5.75 Å². The Labute approximate surface area is 256 Å². The Morgan fingerprint density at radius 1 is 1.10 bits per heavy atom. The third-order valence-electron chi connectivity index (χ3n) is 9.67. The number of hydrogen-bond acceptors (Lipinski definition) is 5. The lowest BCUT2D eigenvalue weighted by atomic mass is 9.45. The summed E-state index contributed by atoms with van der Waals surface area (Å²) in [6.45, 7) is 5.20. The SMILES string of the molecule is CC1(C)[C@H]2CC[C@@H](CN(C(=O)Cc3ccccc3)[C@@H]3CC(C(=O)NCCO)=C[C@H](Oc4ccccc4I)[C@H]3O)[C@@H]1C2. The maximum absolute atomic E-state index is 14.1. The number of nitrogens with zero attached hydrogens (tertiary/aromatic N) is 1. The van der Waals surface area contributed by atoms with Crippen LogP contribution < -0.4 is 10.1 Å². The van der Waals surface area contributed by atoms with Crippen molar-refractivity contribution in [3.63, 3.8) is 0 Å². The van der Waals surface area contributed by atoms with Crippen LogP contribution in [0.4, 0.5) is 0 Å². The van der Waals surface area contributed by atoms with Crippen LogP contribution in [0.15, 0.2) is 66.2 Å². The number of ether oxygens (including phenoxy) is 1. The van der Waals surface area contributed by atoms with E-state index in [0.29, 0.717) is 29.7 Å². The van der Waals surface area contributed by atoms with Gasteiger partial charge < -0.3 is 25.2 Å². The van der Waals surface area contributed by atoms with E-state index >= 15 is 0 Å². The summed E-state index contributed by atoms with van der Waals surface area (Å²) < 4.78 is 7.20. The van der Waals surface area contributed by atoms with Gasteiger partial charge in [-0.1, -0.05) is 56.3 Å². The summed E-state index contributed by atoms with van der Waals surface area (Å²) in [6.07, 6.45) is 3.70. The van der Waals surface area contributed by atoms with E-state index in [-0.39, 0.29) is 43.2 Å². The lowest BCUT2D eigenvalue weighted by molar-refractivity contribution is -0.147. The number of rotatable bonds is 10. The molecule has 3 saturated carbocycles. The van der Waals surface area contributed by atoms with Gasteiger partial charge in [-0.3, -0.25) is 9.59 Å². The van der Waals surface area contributed by atoms with Crippen LogP contribution >= 0.6 is 22.6 Å². The molecule has 0 aromatic heterocycles. The van der Waals surface area contributed by atoms with E-state index in [1.165, 1.54) is 6.42 Å². The molecule has 0 heterocycles. The number of halogens is 1. The van der Waals surface area contributed by atoms with Gasteiger partial charge in [-0.15, -0.1) is 0 Å². The molecule has 0 unspecified atom stereocenters. The Bertz CT molecular complexity index is 1260. The van der Waals surface area contributed by atoms with Gasteiger partial charge in [-0.25, -0.2) is 0 Å². The van der Waals surface area contributed by atoms with Crippen LogP contribution in [-0.2, 0) is 16.0 Å². The summed E-state index contributed by atoms with van der Waals surface area (Å²) in [5.74, 6) is 1.87. The van der Waals surface area contributed by atoms with Crippen LogP contribution in [-0.4, -0.2) is 64.9 Å². The molecule has 8 heteroatoms. The van der Waals surface area contributed by atoms with E-state index in [9.17, 15) is 19.8 Å². The highest BCUT2D eigenvalue weighted by Crippen LogP contribution is 2.61. The van der Waals surface area contributed by atoms with Gasteiger partial charge in [0, 0.05) is 25.1 Å². The second-order valence-electron chi connectivity index (χ2n) is 12.4. The summed E-state index contributed by atoms with van der Waals surface area (Å²) >= 11 is 2.19. The van der Waals surface area contributed by atoms with E-state index in [1.54, 1.807) is 6.08 Å². The Kier molecular flexibility index (Phi) is 9.40. The summed E-state index contributed by atoms with van der Waals surface area (Å²) in [7, 11) is 0. The van der Waals surface area contributed by atoms with Crippen molar-refractivity contribution in [3.05, 3.63) is 75.4 Å². The van der Waals surface area contributed by atoms with Crippen LogP contribution in [0.1, 0.15) is 45.1 Å². The van der Waals surface area contributed by atoms with Crippen LogP contribution in [0.2, 0.25) is 0 Å².